The van der Waals surface area contributed by atoms with Crippen LogP contribution < -0.4 is 10.6 Å². The monoisotopic (exact) mass is 312 g/mol. The first-order chi connectivity index (χ1) is 9.63. The number of hydrogen-bond acceptors (Lipinski definition) is 3. The number of methoxy groups -OCH3 is 1. The second-order valence-electron chi connectivity index (χ2n) is 5.88. The molecule has 0 aromatic heterocycles. The number of hydrogen-bond donors (Lipinski definition) is 2. The summed E-state index contributed by atoms with van der Waals surface area (Å²) < 4.78 is 5.10. The van der Waals surface area contributed by atoms with Crippen molar-refractivity contribution in [3.8, 4) is 0 Å². The maximum absolute atomic E-state index is 12.2. The molecule has 1 aliphatic heterocycles. The van der Waals surface area contributed by atoms with Gasteiger partial charge >= 0.3 is 0 Å². The maximum Gasteiger partial charge on any atom is 0.251 e. The van der Waals surface area contributed by atoms with E-state index in [2.05, 4.69) is 17.6 Å². The highest BCUT2D eigenvalue weighted by atomic mass is 35.5. The summed E-state index contributed by atoms with van der Waals surface area (Å²) in [5.41, 5.74) is 1.94. The maximum atomic E-state index is 12.2. The Morgan fingerprint density at radius 2 is 2.10 bits per heavy atom. The Bertz CT molecular complexity index is 459. The second-order valence-corrected chi connectivity index (χ2v) is 5.88. The summed E-state index contributed by atoms with van der Waals surface area (Å²) in [5.74, 6) is 0.00251. The molecule has 0 saturated carbocycles. The molecule has 2 rings (SSSR count). The van der Waals surface area contributed by atoms with Crippen LogP contribution in [0.1, 0.15) is 35.7 Å². The molecule has 21 heavy (non-hydrogen) atoms. The predicted molar refractivity (Wildman–Crippen MR) is 86.9 cm³/mol. The van der Waals surface area contributed by atoms with E-state index in [1.807, 2.05) is 24.3 Å². The van der Waals surface area contributed by atoms with Gasteiger partial charge in [0.15, 0.2) is 0 Å². The van der Waals surface area contributed by atoms with E-state index in [1.165, 1.54) is 0 Å². The lowest BCUT2D eigenvalue weighted by Gasteiger charge is -2.34. The number of nitrogens with one attached hydrogen (secondary N) is 2. The third-order valence-corrected chi connectivity index (χ3v) is 3.99. The van der Waals surface area contributed by atoms with Crippen LogP contribution in [0.25, 0.3) is 0 Å². The zero-order chi connectivity index (χ0) is 14.4. The third kappa shape index (κ3) is 5.30. The van der Waals surface area contributed by atoms with Crippen molar-refractivity contribution in [3.63, 3.8) is 0 Å². The molecule has 1 saturated heterocycles. The van der Waals surface area contributed by atoms with Crippen LogP contribution in [-0.4, -0.2) is 32.7 Å². The van der Waals surface area contributed by atoms with E-state index in [0.717, 1.165) is 38.0 Å². The number of benzene rings is 1. The first kappa shape index (κ1) is 18.0. The highest BCUT2D eigenvalue weighted by molar-refractivity contribution is 5.94. The van der Waals surface area contributed by atoms with Gasteiger partial charge in [0, 0.05) is 19.2 Å². The lowest BCUT2D eigenvalue weighted by Crippen LogP contribution is -2.42. The molecule has 1 aliphatic rings. The zero-order valence-electron chi connectivity index (χ0n) is 12.8. The smallest absolute Gasteiger partial charge is 0.251 e. The fraction of sp³-hybridized carbons (Fsp3) is 0.562. The molecule has 1 amide bonds. The summed E-state index contributed by atoms with van der Waals surface area (Å²) in [6.45, 7) is 5.59. The van der Waals surface area contributed by atoms with E-state index in [1.54, 1.807) is 7.11 Å². The Morgan fingerprint density at radius 3 is 2.76 bits per heavy atom. The summed E-state index contributed by atoms with van der Waals surface area (Å²) >= 11 is 0. The molecule has 4 nitrogen and oxygen atoms in total. The number of ether oxygens (including phenoxy) is 1. The number of halogens is 1. The lowest BCUT2D eigenvalue weighted by atomic mass is 9.81. The molecule has 1 aromatic rings. The number of amides is 1. The van der Waals surface area contributed by atoms with Crippen molar-refractivity contribution >= 4 is 18.3 Å². The standard InChI is InChI=1S/C16H24N2O2.ClH/c1-16(6-8-17-9-7-16)12-18-15(19)14-5-3-4-13(10-14)11-20-2;/h3-5,10,17H,6-9,11-12H2,1-2H3,(H,18,19);1H. The van der Waals surface area contributed by atoms with Gasteiger partial charge in [-0.15, -0.1) is 12.4 Å². The minimum atomic E-state index is 0. The van der Waals surface area contributed by atoms with E-state index in [0.29, 0.717) is 12.2 Å². The number of piperidine rings is 1. The van der Waals surface area contributed by atoms with E-state index < -0.39 is 0 Å². The second kappa shape index (κ2) is 8.37. The van der Waals surface area contributed by atoms with Crippen molar-refractivity contribution in [1.29, 1.82) is 0 Å². The molecule has 0 radical (unpaired) electrons. The molecule has 0 aliphatic carbocycles. The Morgan fingerprint density at radius 1 is 1.38 bits per heavy atom. The fourth-order valence-corrected chi connectivity index (χ4v) is 2.57. The van der Waals surface area contributed by atoms with E-state index in [9.17, 15) is 4.79 Å². The van der Waals surface area contributed by atoms with Gasteiger partial charge in [-0.3, -0.25) is 4.79 Å². The average Bonchev–Trinajstić information content (AvgIpc) is 2.46. The molecule has 1 fully saturated rings. The summed E-state index contributed by atoms with van der Waals surface area (Å²) in [5, 5.41) is 6.43. The molecule has 0 atom stereocenters. The van der Waals surface area contributed by atoms with E-state index in [4.69, 9.17) is 4.74 Å². The topological polar surface area (TPSA) is 50.4 Å². The number of rotatable bonds is 5. The van der Waals surface area contributed by atoms with Crippen molar-refractivity contribution in [1.82, 2.24) is 10.6 Å². The summed E-state index contributed by atoms with van der Waals surface area (Å²) in [6, 6.07) is 7.60. The normalized spacial score (nSPS) is 16.9. The van der Waals surface area contributed by atoms with Gasteiger partial charge in [-0.1, -0.05) is 19.1 Å². The van der Waals surface area contributed by atoms with Crippen LogP contribution in [0.2, 0.25) is 0 Å². The van der Waals surface area contributed by atoms with Crippen LogP contribution in [0.3, 0.4) is 0 Å². The van der Waals surface area contributed by atoms with Gasteiger partial charge in [0.2, 0.25) is 0 Å². The van der Waals surface area contributed by atoms with Gasteiger partial charge in [0.1, 0.15) is 0 Å². The Kier molecular flexibility index (Phi) is 7.15. The molecular weight excluding hydrogens is 288 g/mol. The zero-order valence-corrected chi connectivity index (χ0v) is 13.6. The van der Waals surface area contributed by atoms with Crippen molar-refractivity contribution in [2.75, 3.05) is 26.7 Å². The van der Waals surface area contributed by atoms with Crippen LogP contribution in [0.4, 0.5) is 0 Å². The van der Waals surface area contributed by atoms with Crippen LogP contribution in [0, 0.1) is 5.41 Å². The average molecular weight is 313 g/mol. The first-order valence-corrected chi connectivity index (χ1v) is 7.20. The summed E-state index contributed by atoms with van der Waals surface area (Å²) in [4.78, 5) is 12.2. The van der Waals surface area contributed by atoms with Gasteiger partial charge < -0.3 is 15.4 Å². The minimum absolute atomic E-state index is 0. The SMILES string of the molecule is COCc1cccc(C(=O)NCC2(C)CCNCC2)c1.Cl. The Balaban J connectivity index is 0.00000220. The predicted octanol–water partition coefficient (Wildman–Crippen LogP) is 2.37. The van der Waals surface area contributed by atoms with Crippen molar-refractivity contribution in [3.05, 3.63) is 35.4 Å². The summed E-state index contributed by atoms with van der Waals surface area (Å²) in [6.07, 6.45) is 2.22. The molecule has 118 valence electrons. The minimum Gasteiger partial charge on any atom is -0.380 e. The summed E-state index contributed by atoms with van der Waals surface area (Å²) in [7, 11) is 1.66. The number of carbonyl (C=O) groups is 1. The van der Waals surface area contributed by atoms with Crippen LogP contribution >= 0.6 is 12.4 Å². The first-order valence-electron chi connectivity index (χ1n) is 7.20. The fourth-order valence-electron chi connectivity index (χ4n) is 2.57. The molecule has 2 N–H and O–H groups in total. The van der Waals surface area contributed by atoms with Crippen LogP contribution in [-0.2, 0) is 11.3 Å². The van der Waals surface area contributed by atoms with Gasteiger partial charge in [-0.05, 0) is 49.0 Å². The van der Waals surface area contributed by atoms with Crippen molar-refractivity contribution < 1.29 is 9.53 Å². The molecule has 0 unspecified atom stereocenters. The molecule has 1 heterocycles. The highest BCUT2D eigenvalue weighted by Gasteiger charge is 2.27. The van der Waals surface area contributed by atoms with Crippen molar-refractivity contribution in [2.24, 2.45) is 5.41 Å². The van der Waals surface area contributed by atoms with E-state index >= 15 is 0 Å². The molecule has 0 bridgehead atoms. The molecule has 1 aromatic carbocycles. The van der Waals surface area contributed by atoms with E-state index in [-0.39, 0.29) is 23.7 Å². The van der Waals surface area contributed by atoms with Gasteiger partial charge in [0.05, 0.1) is 6.61 Å². The Hall–Kier alpha value is -1.10. The lowest BCUT2D eigenvalue weighted by molar-refractivity contribution is 0.0922. The van der Waals surface area contributed by atoms with Gasteiger partial charge in [-0.25, -0.2) is 0 Å². The van der Waals surface area contributed by atoms with Gasteiger partial charge in [0.25, 0.3) is 5.91 Å². The van der Waals surface area contributed by atoms with Crippen LogP contribution in [0.5, 0.6) is 0 Å². The largest absolute Gasteiger partial charge is 0.380 e. The third-order valence-electron chi connectivity index (χ3n) is 3.99. The van der Waals surface area contributed by atoms with Crippen molar-refractivity contribution in [2.45, 2.75) is 26.4 Å². The molecular formula is C16H25ClN2O2. The quantitative estimate of drug-likeness (QED) is 0.877. The molecule has 0 spiro atoms. The highest BCUT2D eigenvalue weighted by Crippen LogP contribution is 2.26. The molecule has 5 heteroatoms. The van der Waals surface area contributed by atoms with Crippen LogP contribution in [0.15, 0.2) is 24.3 Å². The Labute approximate surface area is 133 Å². The van der Waals surface area contributed by atoms with Gasteiger partial charge in [-0.2, -0.15) is 0 Å². The number of carbonyl (C=O) groups excluding carboxylic acids is 1.